The van der Waals surface area contributed by atoms with E-state index in [1.807, 2.05) is 66.7 Å². The zero-order valence-electron chi connectivity index (χ0n) is 11.5. The van der Waals surface area contributed by atoms with Crippen LogP contribution in [-0.2, 0) is 21.9 Å². The van der Waals surface area contributed by atoms with Crippen molar-refractivity contribution >= 4 is 12.4 Å². The Morgan fingerprint density at radius 2 is 1.57 bits per heavy atom. The van der Waals surface area contributed by atoms with Crippen molar-refractivity contribution in [1.82, 2.24) is 0 Å². The van der Waals surface area contributed by atoms with Crippen LogP contribution in [-0.4, -0.2) is 6.29 Å². The molecule has 0 amide bonds. The molecule has 0 unspecified atom stereocenters. The van der Waals surface area contributed by atoms with Gasteiger partial charge in [0, 0.05) is 0 Å². The van der Waals surface area contributed by atoms with Crippen LogP contribution in [0.25, 0.3) is 17.2 Å². The Balaban J connectivity index is 0.000000313. The molecule has 2 heteroatoms. The van der Waals surface area contributed by atoms with Gasteiger partial charge in [0.25, 0.3) is 0 Å². The summed E-state index contributed by atoms with van der Waals surface area (Å²) in [5.41, 5.74) is 3.40. The maximum Gasteiger partial charge on any atom is 2.00 e. The van der Waals surface area contributed by atoms with Gasteiger partial charge in [-0.2, -0.15) is 30.3 Å². The predicted molar refractivity (Wildman–Crippen MR) is 84.6 cm³/mol. The van der Waals surface area contributed by atoms with E-state index in [4.69, 9.17) is 0 Å². The van der Waals surface area contributed by atoms with Crippen molar-refractivity contribution in [3.8, 4) is 11.1 Å². The number of allylic oxidation sites excluding steroid dienone is 1. The minimum absolute atomic E-state index is 0. The Hall–Kier alpha value is -2.15. The van der Waals surface area contributed by atoms with Crippen LogP contribution in [0.4, 0.5) is 0 Å². The number of aldehydes is 1. The van der Waals surface area contributed by atoms with Gasteiger partial charge < -0.3 is 0 Å². The van der Waals surface area contributed by atoms with Crippen molar-refractivity contribution in [3.05, 3.63) is 90.5 Å². The smallest absolute Gasteiger partial charge is 0.299 e. The molecule has 0 aliphatic heterocycles. The first-order chi connectivity index (χ1) is 9.92. The third-order valence-electron chi connectivity index (χ3n) is 2.84. The Morgan fingerprint density at radius 3 is 2.14 bits per heavy atom. The van der Waals surface area contributed by atoms with Crippen LogP contribution >= 0.6 is 0 Å². The summed E-state index contributed by atoms with van der Waals surface area (Å²) >= 11 is 0. The largest absolute Gasteiger partial charge is 2.00 e. The van der Waals surface area contributed by atoms with E-state index >= 15 is 0 Å². The average molecular weight is 316 g/mol. The quantitative estimate of drug-likeness (QED) is 0.296. The molecule has 0 N–H and O–H groups in total. The van der Waals surface area contributed by atoms with Crippen LogP contribution in [0, 0.1) is 0 Å². The summed E-state index contributed by atoms with van der Waals surface area (Å²) in [6.45, 7) is 0. The van der Waals surface area contributed by atoms with Crippen molar-refractivity contribution in [2.24, 2.45) is 0 Å². The molecule has 0 bridgehead atoms. The second-order valence-corrected chi connectivity index (χ2v) is 4.22. The first-order valence-electron chi connectivity index (χ1n) is 6.51. The number of benzene rings is 1. The van der Waals surface area contributed by atoms with Gasteiger partial charge in [-0.25, -0.2) is 12.1 Å². The topological polar surface area (TPSA) is 17.1 Å². The average Bonchev–Trinajstić information content (AvgIpc) is 3.20. The van der Waals surface area contributed by atoms with Gasteiger partial charge >= 0.3 is 17.1 Å². The van der Waals surface area contributed by atoms with Crippen LogP contribution in [0.2, 0.25) is 0 Å². The Kier molecular flexibility index (Phi) is 7.81. The maximum absolute atomic E-state index is 10.3. The van der Waals surface area contributed by atoms with E-state index in [1.54, 1.807) is 0 Å². The van der Waals surface area contributed by atoms with Crippen LogP contribution in [0.15, 0.2) is 84.9 Å². The molecule has 0 heterocycles. The fourth-order valence-electron chi connectivity index (χ4n) is 1.92. The van der Waals surface area contributed by atoms with Gasteiger partial charge in [0.2, 0.25) is 0 Å². The number of carbonyl (C=O) groups is 1. The minimum Gasteiger partial charge on any atom is -0.299 e. The van der Waals surface area contributed by atoms with Gasteiger partial charge in [0.1, 0.15) is 6.29 Å². The molecule has 3 aromatic rings. The zero-order valence-corrected chi connectivity index (χ0v) is 12.6. The molecule has 106 valence electrons. The van der Waals surface area contributed by atoms with Crippen LogP contribution in [0.3, 0.4) is 0 Å². The summed E-state index contributed by atoms with van der Waals surface area (Å²) in [4.78, 5) is 10.3. The molecule has 0 spiro atoms. The summed E-state index contributed by atoms with van der Waals surface area (Å²) in [6, 6.07) is 26.2. The van der Waals surface area contributed by atoms with E-state index in [0.717, 1.165) is 17.4 Å². The third kappa shape index (κ3) is 5.39. The van der Waals surface area contributed by atoms with Gasteiger partial charge in [-0.3, -0.25) is 4.79 Å². The van der Waals surface area contributed by atoms with E-state index < -0.39 is 0 Å². The van der Waals surface area contributed by atoms with Crippen LogP contribution in [0.5, 0.6) is 0 Å². The van der Waals surface area contributed by atoms with Gasteiger partial charge in [0.05, 0.1) is 0 Å². The molecule has 0 fully saturated rings. The van der Waals surface area contributed by atoms with Crippen molar-refractivity contribution in [2.75, 3.05) is 0 Å². The monoisotopic (exact) mass is 316 g/mol. The summed E-state index contributed by atoms with van der Waals surface area (Å²) in [6.07, 6.45) is 4.14. The molecule has 0 radical (unpaired) electrons. The molecule has 21 heavy (non-hydrogen) atoms. The number of carbonyl (C=O) groups excluding carboxylic acids is 1. The van der Waals surface area contributed by atoms with Crippen LogP contribution < -0.4 is 0 Å². The van der Waals surface area contributed by atoms with Crippen molar-refractivity contribution < 1.29 is 21.9 Å². The van der Waals surface area contributed by atoms with Crippen molar-refractivity contribution in [2.45, 2.75) is 0 Å². The normalized spacial score (nSPS) is 9.52. The second-order valence-electron chi connectivity index (χ2n) is 4.22. The third-order valence-corrected chi connectivity index (χ3v) is 2.84. The van der Waals surface area contributed by atoms with Gasteiger partial charge in [-0.15, -0.1) is 23.8 Å². The molecule has 0 saturated heterocycles. The van der Waals surface area contributed by atoms with E-state index in [0.29, 0.717) is 0 Å². The van der Waals surface area contributed by atoms with E-state index in [2.05, 4.69) is 18.2 Å². The summed E-state index contributed by atoms with van der Waals surface area (Å²) in [5.74, 6) is 0. The molecule has 0 atom stereocenters. The maximum atomic E-state index is 10.3. The Bertz CT molecular complexity index is 617. The summed E-state index contributed by atoms with van der Waals surface area (Å²) in [7, 11) is 0. The van der Waals surface area contributed by atoms with Gasteiger partial charge in [0.15, 0.2) is 0 Å². The molecule has 0 saturated carbocycles. The van der Waals surface area contributed by atoms with Crippen LogP contribution in [0.1, 0.15) is 5.56 Å². The zero-order chi connectivity index (χ0) is 14.0. The SMILES string of the molecule is O=CC=Cc1ccccc1-[c-]1cccc1.[Fe+2].c1cc[cH-]c1. The second kappa shape index (κ2) is 9.71. The molecule has 3 aromatic carbocycles. The summed E-state index contributed by atoms with van der Waals surface area (Å²) in [5, 5.41) is 0. The minimum atomic E-state index is 0. The van der Waals surface area contributed by atoms with E-state index in [-0.39, 0.29) is 17.1 Å². The predicted octanol–water partition coefficient (Wildman–Crippen LogP) is 4.69. The van der Waals surface area contributed by atoms with E-state index in [9.17, 15) is 4.79 Å². The number of hydrogen-bond donors (Lipinski definition) is 0. The Morgan fingerprint density at radius 1 is 0.905 bits per heavy atom. The van der Waals surface area contributed by atoms with E-state index in [1.165, 1.54) is 11.6 Å². The fourth-order valence-corrected chi connectivity index (χ4v) is 1.92. The first-order valence-corrected chi connectivity index (χ1v) is 6.51. The van der Waals surface area contributed by atoms with Gasteiger partial charge in [-0.1, -0.05) is 35.4 Å². The fraction of sp³-hybridized carbons (Fsp3) is 0. The number of hydrogen-bond acceptors (Lipinski definition) is 1. The van der Waals surface area contributed by atoms with Crippen molar-refractivity contribution in [3.63, 3.8) is 0 Å². The molecule has 3 rings (SSSR count). The summed E-state index contributed by atoms with van der Waals surface area (Å²) < 4.78 is 0. The number of rotatable bonds is 3. The van der Waals surface area contributed by atoms with Gasteiger partial charge in [-0.05, 0) is 6.08 Å². The molecular formula is C19H16FeO. The molecule has 1 nitrogen and oxygen atoms in total. The molecular weight excluding hydrogens is 300 g/mol. The standard InChI is InChI=1S/C14H11O.C5H5.Fe/c15-11-5-9-13-8-3-4-10-14(13)12-6-1-2-7-12;1-2-4-5-3-1;/h1-11H;1-5H;/q2*-1;+2. The molecule has 0 aliphatic rings. The Labute approximate surface area is 136 Å². The van der Waals surface area contributed by atoms with Crippen molar-refractivity contribution in [1.29, 1.82) is 0 Å². The molecule has 0 aliphatic carbocycles. The molecule has 0 aromatic heterocycles. The first kappa shape index (κ1) is 16.9.